The number of hydrogen-bond acceptors (Lipinski definition) is 2. The largest absolute Gasteiger partial charge is 0.481 e. The van der Waals surface area contributed by atoms with Gasteiger partial charge >= 0.3 is 5.97 Å². The Balaban J connectivity index is 2.11. The molecule has 1 unspecified atom stereocenters. The molecule has 1 aromatic heterocycles. The van der Waals surface area contributed by atoms with Gasteiger partial charge in [0, 0.05) is 16.9 Å². The molecule has 3 nitrogen and oxygen atoms in total. The van der Waals surface area contributed by atoms with Crippen LogP contribution in [0.3, 0.4) is 0 Å². The van der Waals surface area contributed by atoms with Gasteiger partial charge in [-0.2, -0.15) is 0 Å². The normalized spacial score (nSPS) is 12.1. The summed E-state index contributed by atoms with van der Waals surface area (Å²) in [6.07, 6.45) is 4.76. The second kappa shape index (κ2) is 6.48. The van der Waals surface area contributed by atoms with E-state index in [-0.39, 0.29) is 0 Å². The second-order valence-electron chi connectivity index (χ2n) is 4.35. The lowest BCUT2D eigenvalue weighted by Crippen LogP contribution is -2.12. The SMILES string of the molecule is O=C(O)C(CCc1cccnc1)c1cccc(Br)c1. The van der Waals surface area contributed by atoms with E-state index in [9.17, 15) is 9.90 Å². The van der Waals surface area contributed by atoms with Crippen LogP contribution in [-0.2, 0) is 11.2 Å². The topological polar surface area (TPSA) is 50.2 Å². The smallest absolute Gasteiger partial charge is 0.310 e. The van der Waals surface area contributed by atoms with Crippen molar-refractivity contribution in [3.05, 3.63) is 64.4 Å². The minimum atomic E-state index is -0.790. The Labute approximate surface area is 120 Å². The zero-order valence-corrected chi connectivity index (χ0v) is 11.9. The van der Waals surface area contributed by atoms with Crippen LogP contribution >= 0.6 is 15.9 Å². The first-order valence-corrected chi connectivity index (χ1v) is 6.83. The van der Waals surface area contributed by atoms with Crippen LogP contribution in [0.1, 0.15) is 23.5 Å². The van der Waals surface area contributed by atoms with Crippen molar-refractivity contribution in [3.63, 3.8) is 0 Å². The van der Waals surface area contributed by atoms with Gasteiger partial charge in [0.2, 0.25) is 0 Å². The predicted molar refractivity (Wildman–Crippen MR) is 77.1 cm³/mol. The van der Waals surface area contributed by atoms with Crippen molar-refractivity contribution in [3.8, 4) is 0 Å². The van der Waals surface area contributed by atoms with Gasteiger partial charge in [-0.05, 0) is 42.2 Å². The van der Waals surface area contributed by atoms with Crippen molar-refractivity contribution in [2.45, 2.75) is 18.8 Å². The van der Waals surface area contributed by atoms with Gasteiger partial charge in [-0.15, -0.1) is 0 Å². The van der Waals surface area contributed by atoms with Crippen LogP contribution in [0.5, 0.6) is 0 Å². The molecule has 1 N–H and O–H groups in total. The average Bonchev–Trinajstić information content (AvgIpc) is 2.40. The molecule has 19 heavy (non-hydrogen) atoms. The molecule has 0 saturated heterocycles. The highest BCUT2D eigenvalue weighted by molar-refractivity contribution is 9.10. The molecule has 0 radical (unpaired) electrons. The van der Waals surface area contributed by atoms with E-state index in [1.54, 1.807) is 12.4 Å². The zero-order valence-electron chi connectivity index (χ0n) is 10.3. The van der Waals surface area contributed by atoms with Gasteiger partial charge in [0.15, 0.2) is 0 Å². The molecule has 1 atom stereocenters. The molecule has 0 amide bonds. The van der Waals surface area contributed by atoms with Gasteiger partial charge in [-0.3, -0.25) is 9.78 Å². The molecule has 0 spiro atoms. The summed E-state index contributed by atoms with van der Waals surface area (Å²) >= 11 is 3.37. The number of pyridine rings is 1. The summed E-state index contributed by atoms with van der Waals surface area (Å²) in [7, 11) is 0. The fourth-order valence-corrected chi connectivity index (χ4v) is 2.43. The Kier molecular flexibility index (Phi) is 4.68. The first kappa shape index (κ1) is 13.7. The van der Waals surface area contributed by atoms with Crippen molar-refractivity contribution in [2.75, 3.05) is 0 Å². The van der Waals surface area contributed by atoms with Crippen molar-refractivity contribution in [1.82, 2.24) is 4.98 Å². The molecule has 4 heteroatoms. The lowest BCUT2D eigenvalue weighted by atomic mass is 9.93. The lowest BCUT2D eigenvalue weighted by Gasteiger charge is -2.13. The fourth-order valence-electron chi connectivity index (χ4n) is 2.01. The molecule has 1 aromatic carbocycles. The van der Waals surface area contributed by atoms with Crippen LogP contribution in [0, 0.1) is 0 Å². The summed E-state index contributed by atoms with van der Waals surface area (Å²) in [4.78, 5) is 15.4. The second-order valence-corrected chi connectivity index (χ2v) is 5.26. The molecular weight excluding hydrogens is 306 g/mol. The van der Waals surface area contributed by atoms with Gasteiger partial charge in [-0.1, -0.05) is 34.1 Å². The van der Waals surface area contributed by atoms with E-state index in [4.69, 9.17) is 0 Å². The number of aromatic nitrogens is 1. The van der Waals surface area contributed by atoms with Crippen LogP contribution in [0.4, 0.5) is 0 Å². The van der Waals surface area contributed by atoms with Crippen LogP contribution in [0.25, 0.3) is 0 Å². The first-order chi connectivity index (χ1) is 9.16. The quantitative estimate of drug-likeness (QED) is 0.915. The van der Waals surface area contributed by atoms with Gasteiger partial charge in [0.05, 0.1) is 5.92 Å². The standard InChI is InChI=1S/C15H14BrNO2/c16-13-5-1-4-12(9-13)14(15(18)19)7-6-11-3-2-8-17-10-11/h1-5,8-10,14H,6-7H2,(H,18,19). The van der Waals surface area contributed by atoms with E-state index >= 15 is 0 Å². The Bertz CT molecular complexity index is 557. The van der Waals surface area contributed by atoms with Gasteiger partial charge in [0.1, 0.15) is 0 Å². The number of aryl methyl sites for hydroxylation is 1. The van der Waals surface area contributed by atoms with E-state index < -0.39 is 11.9 Å². The maximum absolute atomic E-state index is 11.4. The fraction of sp³-hybridized carbons (Fsp3) is 0.200. The number of carboxylic acids is 1. The minimum absolute atomic E-state index is 0.488. The van der Waals surface area contributed by atoms with Crippen molar-refractivity contribution in [1.29, 1.82) is 0 Å². The molecule has 1 heterocycles. The number of benzene rings is 1. The Hall–Kier alpha value is -1.68. The van der Waals surface area contributed by atoms with E-state index in [1.807, 2.05) is 36.4 Å². The number of rotatable bonds is 5. The molecule has 0 saturated carbocycles. The number of nitrogens with zero attached hydrogens (tertiary/aromatic N) is 1. The third kappa shape index (κ3) is 3.89. The maximum atomic E-state index is 11.4. The number of carbonyl (C=O) groups is 1. The number of carboxylic acid groups (broad SMARTS) is 1. The van der Waals surface area contributed by atoms with E-state index in [1.165, 1.54) is 0 Å². The molecule has 0 aliphatic heterocycles. The Morgan fingerprint density at radius 2 is 2.16 bits per heavy atom. The molecule has 2 aromatic rings. The van der Waals surface area contributed by atoms with Crippen LogP contribution in [-0.4, -0.2) is 16.1 Å². The van der Waals surface area contributed by atoms with Crippen LogP contribution in [0.15, 0.2) is 53.3 Å². The zero-order chi connectivity index (χ0) is 13.7. The Morgan fingerprint density at radius 1 is 1.32 bits per heavy atom. The van der Waals surface area contributed by atoms with E-state index in [2.05, 4.69) is 20.9 Å². The highest BCUT2D eigenvalue weighted by Gasteiger charge is 2.19. The van der Waals surface area contributed by atoms with E-state index in [0.717, 1.165) is 15.6 Å². The molecule has 0 aliphatic carbocycles. The van der Waals surface area contributed by atoms with E-state index in [0.29, 0.717) is 12.8 Å². The maximum Gasteiger partial charge on any atom is 0.310 e. The van der Waals surface area contributed by atoms with Gasteiger partial charge in [-0.25, -0.2) is 0 Å². The summed E-state index contributed by atoms with van der Waals surface area (Å²) in [6, 6.07) is 11.3. The lowest BCUT2D eigenvalue weighted by molar-refractivity contribution is -0.138. The highest BCUT2D eigenvalue weighted by Crippen LogP contribution is 2.24. The summed E-state index contributed by atoms with van der Waals surface area (Å²) in [5, 5.41) is 9.36. The molecule has 0 aliphatic rings. The molecule has 2 rings (SSSR count). The highest BCUT2D eigenvalue weighted by atomic mass is 79.9. The summed E-state index contributed by atoms with van der Waals surface area (Å²) in [6.45, 7) is 0. The van der Waals surface area contributed by atoms with Crippen LogP contribution < -0.4 is 0 Å². The van der Waals surface area contributed by atoms with Crippen molar-refractivity contribution < 1.29 is 9.90 Å². The van der Waals surface area contributed by atoms with Crippen LogP contribution in [0.2, 0.25) is 0 Å². The van der Waals surface area contributed by atoms with Crippen molar-refractivity contribution >= 4 is 21.9 Å². The summed E-state index contributed by atoms with van der Waals surface area (Å²) in [5.41, 5.74) is 1.88. The molecular formula is C15H14BrNO2. The average molecular weight is 320 g/mol. The number of aliphatic carboxylic acids is 1. The molecule has 0 bridgehead atoms. The van der Waals surface area contributed by atoms with Gasteiger partial charge < -0.3 is 5.11 Å². The number of hydrogen-bond donors (Lipinski definition) is 1. The third-order valence-corrected chi connectivity index (χ3v) is 3.49. The summed E-state index contributed by atoms with van der Waals surface area (Å²) < 4.78 is 0.901. The predicted octanol–water partition coefficient (Wildman–Crippen LogP) is 3.65. The molecule has 0 fully saturated rings. The monoisotopic (exact) mass is 319 g/mol. The van der Waals surface area contributed by atoms with Crippen molar-refractivity contribution in [2.24, 2.45) is 0 Å². The van der Waals surface area contributed by atoms with Gasteiger partial charge in [0.25, 0.3) is 0 Å². The Morgan fingerprint density at radius 3 is 2.79 bits per heavy atom. The minimum Gasteiger partial charge on any atom is -0.481 e. The first-order valence-electron chi connectivity index (χ1n) is 6.04. The molecule has 98 valence electrons. The third-order valence-electron chi connectivity index (χ3n) is 2.99. The number of halogens is 1. The summed E-state index contributed by atoms with van der Waals surface area (Å²) in [5.74, 6) is -1.28.